The van der Waals surface area contributed by atoms with Crippen molar-refractivity contribution in [1.82, 2.24) is 15.0 Å². The van der Waals surface area contributed by atoms with E-state index in [1.54, 1.807) is 12.4 Å². The van der Waals surface area contributed by atoms with Gasteiger partial charge in [0.15, 0.2) is 5.65 Å². The quantitative estimate of drug-likeness (QED) is 0.932. The van der Waals surface area contributed by atoms with Crippen LogP contribution in [0.3, 0.4) is 0 Å². The largest absolute Gasteiger partial charge is 0.367 e. The highest BCUT2D eigenvalue weighted by Crippen LogP contribution is 2.28. The highest BCUT2D eigenvalue weighted by molar-refractivity contribution is 7.99. The van der Waals surface area contributed by atoms with Crippen LogP contribution in [0.5, 0.6) is 0 Å². The molecule has 5 heteroatoms. The molecule has 1 aliphatic carbocycles. The molecule has 0 bridgehead atoms. The average Bonchev–Trinajstić information content (AvgIpc) is 2.47. The van der Waals surface area contributed by atoms with Crippen LogP contribution >= 0.6 is 11.8 Å². The van der Waals surface area contributed by atoms with Crippen molar-refractivity contribution in [1.29, 1.82) is 0 Å². The Labute approximate surface area is 117 Å². The summed E-state index contributed by atoms with van der Waals surface area (Å²) >= 11 is 1.98. The van der Waals surface area contributed by atoms with Crippen LogP contribution in [0.15, 0.2) is 24.5 Å². The second kappa shape index (κ2) is 5.74. The van der Waals surface area contributed by atoms with Crippen molar-refractivity contribution >= 4 is 28.7 Å². The number of nitrogens with zero attached hydrogens (tertiary/aromatic N) is 3. The summed E-state index contributed by atoms with van der Waals surface area (Å²) < 4.78 is 0. The summed E-state index contributed by atoms with van der Waals surface area (Å²) in [6.45, 7) is 0. The van der Waals surface area contributed by atoms with Crippen LogP contribution in [0.4, 0.5) is 5.82 Å². The van der Waals surface area contributed by atoms with Crippen molar-refractivity contribution in [3.8, 4) is 0 Å². The van der Waals surface area contributed by atoms with Crippen molar-refractivity contribution in [2.75, 3.05) is 11.6 Å². The van der Waals surface area contributed by atoms with E-state index in [1.165, 1.54) is 25.7 Å². The predicted octanol–water partition coefficient (Wildman–Crippen LogP) is 3.11. The van der Waals surface area contributed by atoms with E-state index in [-0.39, 0.29) is 0 Å². The van der Waals surface area contributed by atoms with Gasteiger partial charge in [0.05, 0.1) is 0 Å². The zero-order chi connectivity index (χ0) is 13.1. The fraction of sp³-hybridized carbons (Fsp3) is 0.500. The molecule has 4 nitrogen and oxygen atoms in total. The SMILES string of the molecule is CS[C@H]1CCC[C@@H](Nc2ccc3nccnc3n2)C1. The van der Waals surface area contributed by atoms with Gasteiger partial charge in [0.1, 0.15) is 11.3 Å². The number of fused-ring (bicyclic) bond motifs is 1. The molecular formula is C14H18N4S. The maximum atomic E-state index is 4.53. The van der Waals surface area contributed by atoms with E-state index in [4.69, 9.17) is 0 Å². The Hall–Kier alpha value is -1.36. The molecule has 0 amide bonds. The van der Waals surface area contributed by atoms with Crippen LogP contribution in [0, 0.1) is 0 Å². The highest BCUT2D eigenvalue weighted by atomic mass is 32.2. The van der Waals surface area contributed by atoms with Crippen molar-refractivity contribution in [2.24, 2.45) is 0 Å². The lowest BCUT2D eigenvalue weighted by Gasteiger charge is -2.29. The van der Waals surface area contributed by atoms with Gasteiger partial charge in [-0.25, -0.2) is 9.97 Å². The van der Waals surface area contributed by atoms with E-state index < -0.39 is 0 Å². The lowest BCUT2D eigenvalue weighted by Crippen LogP contribution is -2.28. The average molecular weight is 274 g/mol. The molecule has 1 aliphatic rings. The fourth-order valence-electron chi connectivity index (χ4n) is 2.63. The Morgan fingerprint density at radius 2 is 2.11 bits per heavy atom. The zero-order valence-corrected chi connectivity index (χ0v) is 11.9. The van der Waals surface area contributed by atoms with Crippen LogP contribution < -0.4 is 5.32 Å². The molecule has 2 aromatic heterocycles. The Bertz CT molecular complexity index is 560. The zero-order valence-electron chi connectivity index (χ0n) is 11.0. The first kappa shape index (κ1) is 12.7. The number of thioether (sulfide) groups is 1. The lowest BCUT2D eigenvalue weighted by molar-refractivity contribution is 0.473. The summed E-state index contributed by atoms with van der Waals surface area (Å²) in [7, 11) is 0. The van der Waals surface area contributed by atoms with Crippen LogP contribution in [0.1, 0.15) is 25.7 Å². The summed E-state index contributed by atoms with van der Waals surface area (Å²) in [5.74, 6) is 0.916. The fourth-order valence-corrected chi connectivity index (χ4v) is 3.46. The van der Waals surface area contributed by atoms with E-state index in [0.717, 1.165) is 16.6 Å². The number of rotatable bonds is 3. The molecule has 19 heavy (non-hydrogen) atoms. The molecular weight excluding hydrogens is 256 g/mol. The molecule has 2 atom stereocenters. The summed E-state index contributed by atoms with van der Waals surface area (Å²) in [5, 5.41) is 4.33. The molecule has 0 aromatic carbocycles. The monoisotopic (exact) mass is 274 g/mol. The first-order chi connectivity index (χ1) is 9.35. The van der Waals surface area contributed by atoms with Gasteiger partial charge in [-0.15, -0.1) is 0 Å². The number of nitrogens with one attached hydrogen (secondary N) is 1. The molecule has 1 saturated carbocycles. The Morgan fingerprint density at radius 1 is 1.21 bits per heavy atom. The van der Waals surface area contributed by atoms with Gasteiger partial charge in [-0.2, -0.15) is 11.8 Å². The first-order valence-corrected chi connectivity index (χ1v) is 8.01. The smallest absolute Gasteiger partial charge is 0.180 e. The van der Waals surface area contributed by atoms with E-state index >= 15 is 0 Å². The molecule has 0 aliphatic heterocycles. The van der Waals surface area contributed by atoms with Gasteiger partial charge >= 0.3 is 0 Å². The molecule has 0 radical (unpaired) electrons. The number of hydrogen-bond acceptors (Lipinski definition) is 5. The maximum absolute atomic E-state index is 4.53. The van der Waals surface area contributed by atoms with Crippen molar-refractivity contribution in [3.05, 3.63) is 24.5 Å². The minimum atomic E-state index is 0.535. The van der Waals surface area contributed by atoms with Crippen molar-refractivity contribution in [2.45, 2.75) is 37.0 Å². The minimum absolute atomic E-state index is 0.535. The molecule has 2 heterocycles. The van der Waals surface area contributed by atoms with Crippen LogP contribution in [-0.2, 0) is 0 Å². The molecule has 100 valence electrons. The van der Waals surface area contributed by atoms with Crippen molar-refractivity contribution < 1.29 is 0 Å². The van der Waals surface area contributed by atoms with Gasteiger partial charge in [-0.05, 0) is 37.7 Å². The van der Waals surface area contributed by atoms with Gasteiger partial charge in [-0.3, -0.25) is 4.98 Å². The number of aromatic nitrogens is 3. The number of pyridine rings is 1. The lowest BCUT2D eigenvalue weighted by atomic mass is 9.95. The first-order valence-electron chi connectivity index (χ1n) is 6.72. The molecule has 1 N–H and O–H groups in total. The standard InChI is InChI=1S/C14H18N4S/c1-19-11-4-2-3-10(9-11)17-13-6-5-12-14(18-13)16-8-7-15-12/h5-8,10-11H,2-4,9H2,1H3,(H,16,17,18)/t10-,11+/m1/s1. The Morgan fingerprint density at radius 3 is 3.00 bits per heavy atom. The molecule has 0 saturated heterocycles. The third-order valence-electron chi connectivity index (χ3n) is 3.64. The Balaban J connectivity index is 1.74. The number of hydrogen-bond donors (Lipinski definition) is 1. The Kier molecular flexibility index (Phi) is 3.82. The van der Waals surface area contributed by atoms with Gasteiger partial charge < -0.3 is 5.32 Å². The third-order valence-corrected chi connectivity index (χ3v) is 4.74. The van der Waals surface area contributed by atoms with E-state index in [1.807, 2.05) is 23.9 Å². The van der Waals surface area contributed by atoms with Crippen LogP contribution in [-0.4, -0.2) is 32.5 Å². The third kappa shape index (κ3) is 2.97. The summed E-state index contributed by atoms with van der Waals surface area (Å²) in [6.07, 6.45) is 10.7. The highest BCUT2D eigenvalue weighted by Gasteiger charge is 2.21. The van der Waals surface area contributed by atoms with Crippen molar-refractivity contribution in [3.63, 3.8) is 0 Å². The molecule has 1 fully saturated rings. The summed E-state index contributed by atoms with van der Waals surface area (Å²) in [5.41, 5.74) is 1.56. The number of anilines is 1. The second-order valence-electron chi connectivity index (χ2n) is 4.96. The normalized spacial score (nSPS) is 23.4. The second-order valence-corrected chi connectivity index (χ2v) is 6.10. The predicted molar refractivity (Wildman–Crippen MR) is 80.5 cm³/mol. The van der Waals surface area contributed by atoms with E-state index in [9.17, 15) is 0 Å². The minimum Gasteiger partial charge on any atom is -0.367 e. The topological polar surface area (TPSA) is 50.7 Å². The van der Waals surface area contributed by atoms with E-state index in [0.29, 0.717) is 11.7 Å². The maximum Gasteiger partial charge on any atom is 0.180 e. The molecule has 3 rings (SSSR count). The van der Waals surface area contributed by atoms with Gasteiger partial charge in [0.2, 0.25) is 0 Å². The molecule has 2 aromatic rings. The molecule has 0 spiro atoms. The molecule has 0 unspecified atom stereocenters. The van der Waals surface area contributed by atoms with Crippen LogP contribution in [0.2, 0.25) is 0 Å². The van der Waals surface area contributed by atoms with Crippen LogP contribution in [0.25, 0.3) is 11.2 Å². The van der Waals surface area contributed by atoms with E-state index in [2.05, 4.69) is 26.5 Å². The van der Waals surface area contributed by atoms with Gasteiger partial charge in [0, 0.05) is 23.7 Å². The summed E-state index contributed by atoms with van der Waals surface area (Å²) in [6, 6.07) is 4.51. The van der Waals surface area contributed by atoms with Gasteiger partial charge in [0.25, 0.3) is 0 Å². The summed E-state index contributed by atoms with van der Waals surface area (Å²) in [4.78, 5) is 13.0. The van der Waals surface area contributed by atoms with Gasteiger partial charge in [-0.1, -0.05) is 6.42 Å².